The Bertz CT molecular complexity index is 844. The Morgan fingerprint density at radius 1 is 1.06 bits per heavy atom. The summed E-state index contributed by atoms with van der Waals surface area (Å²) >= 11 is 0. The second kappa shape index (κ2) is 11.7. The summed E-state index contributed by atoms with van der Waals surface area (Å²) in [5, 5.41) is 6.60. The van der Waals surface area contributed by atoms with Crippen LogP contribution in [0.25, 0.3) is 0 Å². The Balaban J connectivity index is 1.90. The molecule has 0 spiro atoms. The Morgan fingerprint density at radius 2 is 1.76 bits per heavy atom. The molecule has 8 heteroatoms. The van der Waals surface area contributed by atoms with Gasteiger partial charge in [-0.15, -0.1) is 0 Å². The van der Waals surface area contributed by atoms with Crippen LogP contribution in [0, 0.1) is 11.8 Å². The number of urea groups is 1. The third kappa shape index (κ3) is 6.09. The molecular formula is C26H41N5O3. The molecular weight excluding hydrogens is 430 g/mol. The van der Waals surface area contributed by atoms with E-state index in [9.17, 15) is 14.4 Å². The summed E-state index contributed by atoms with van der Waals surface area (Å²) < 4.78 is 0. The average molecular weight is 472 g/mol. The zero-order chi connectivity index (χ0) is 24.8. The van der Waals surface area contributed by atoms with E-state index in [-0.39, 0.29) is 30.3 Å². The number of carbonyl (C=O) groups excluding carboxylic acids is 3. The van der Waals surface area contributed by atoms with Crippen molar-refractivity contribution in [1.82, 2.24) is 25.1 Å². The number of hydrazine groups is 1. The van der Waals surface area contributed by atoms with E-state index in [1.807, 2.05) is 47.2 Å². The van der Waals surface area contributed by atoms with Gasteiger partial charge in [0.1, 0.15) is 12.2 Å². The predicted octanol–water partition coefficient (Wildman–Crippen LogP) is 3.30. The number of nitrogens with zero attached hydrogens (tertiary/aromatic N) is 4. The van der Waals surface area contributed by atoms with E-state index in [0.29, 0.717) is 38.5 Å². The smallest absolute Gasteiger partial charge is 0.334 e. The molecule has 2 atom stereocenters. The van der Waals surface area contributed by atoms with E-state index in [1.54, 1.807) is 9.91 Å². The van der Waals surface area contributed by atoms with Crippen molar-refractivity contribution in [1.29, 1.82) is 0 Å². The summed E-state index contributed by atoms with van der Waals surface area (Å²) in [4.78, 5) is 43.9. The minimum Gasteiger partial charge on any atom is -0.337 e. The number of fused-ring (bicyclic) bond motifs is 1. The van der Waals surface area contributed by atoms with E-state index < -0.39 is 12.2 Å². The highest BCUT2D eigenvalue weighted by molar-refractivity contribution is 5.91. The average Bonchev–Trinajstić information content (AvgIpc) is 2.78. The summed E-state index contributed by atoms with van der Waals surface area (Å²) in [5.74, 6) is 0.645. The van der Waals surface area contributed by atoms with E-state index in [4.69, 9.17) is 0 Å². The van der Waals surface area contributed by atoms with Crippen LogP contribution >= 0.6 is 0 Å². The first-order valence-electron chi connectivity index (χ1n) is 12.7. The summed E-state index contributed by atoms with van der Waals surface area (Å²) in [7, 11) is 0. The van der Waals surface area contributed by atoms with Gasteiger partial charge in [0.15, 0.2) is 0 Å². The fraction of sp³-hybridized carbons (Fsp3) is 0.654. The predicted molar refractivity (Wildman–Crippen MR) is 132 cm³/mol. The molecule has 0 aliphatic carbocycles. The van der Waals surface area contributed by atoms with E-state index in [0.717, 1.165) is 18.4 Å². The van der Waals surface area contributed by atoms with Gasteiger partial charge in [-0.25, -0.2) is 14.8 Å². The molecule has 3 rings (SSSR count). The van der Waals surface area contributed by atoms with Crippen LogP contribution in [0.5, 0.6) is 0 Å². The van der Waals surface area contributed by atoms with Gasteiger partial charge < -0.3 is 15.1 Å². The number of nitrogens with one attached hydrogen (secondary N) is 1. The zero-order valence-electron chi connectivity index (χ0n) is 21.4. The van der Waals surface area contributed by atoms with Gasteiger partial charge in [-0.3, -0.25) is 9.59 Å². The van der Waals surface area contributed by atoms with Crippen LogP contribution < -0.4 is 5.32 Å². The number of rotatable bonds is 9. The van der Waals surface area contributed by atoms with Gasteiger partial charge in [-0.1, -0.05) is 65.0 Å². The van der Waals surface area contributed by atoms with Crippen molar-refractivity contribution in [3.8, 4) is 0 Å². The minimum atomic E-state index is -0.536. The van der Waals surface area contributed by atoms with Crippen LogP contribution in [-0.4, -0.2) is 76.0 Å². The SMILES string of the molecule is CCCN1CC(=O)N2C(CN(CCC(C)C)C(=O)[C@@H]2CC(C)C)N1C(=O)NCc1ccccc1. The van der Waals surface area contributed by atoms with Crippen molar-refractivity contribution >= 4 is 17.8 Å². The first-order chi connectivity index (χ1) is 16.2. The molecule has 188 valence electrons. The molecule has 2 aliphatic rings. The molecule has 0 aromatic heterocycles. The van der Waals surface area contributed by atoms with Gasteiger partial charge in [0.25, 0.3) is 0 Å². The van der Waals surface area contributed by atoms with Crippen molar-refractivity contribution in [2.24, 2.45) is 11.8 Å². The largest absolute Gasteiger partial charge is 0.337 e. The molecule has 1 unspecified atom stereocenters. The fourth-order valence-electron chi connectivity index (χ4n) is 4.79. The van der Waals surface area contributed by atoms with Gasteiger partial charge in [0.05, 0.1) is 13.1 Å². The molecule has 8 nitrogen and oxygen atoms in total. The van der Waals surface area contributed by atoms with Gasteiger partial charge in [0, 0.05) is 19.6 Å². The molecule has 2 saturated heterocycles. The molecule has 0 radical (unpaired) electrons. The Labute approximate surface area is 204 Å². The number of carbonyl (C=O) groups is 3. The van der Waals surface area contributed by atoms with E-state index in [2.05, 4.69) is 33.0 Å². The Kier molecular flexibility index (Phi) is 8.94. The maximum Gasteiger partial charge on any atom is 0.334 e. The molecule has 2 heterocycles. The van der Waals surface area contributed by atoms with E-state index in [1.165, 1.54) is 0 Å². The number of benzene rings is 1. The fourth-order valence-corrected chi connectivity index (χ4v) is 4.79. The maximum absolute atomic E-state index is 13.5. The van der Waals surface area contributed by atoms with Crippen LogP contribution in [0.3, 0.4) is 0 Å². The summed E-state index contributed by atoms with van der Waals surface area (Å²) in [5.41, 5.74) is 1.01. The summed E-state index contributed by atoms with van der Waals surface area (Å²) in [6.45, 7) is 12.5. The molecule has 0 saturated carbocycles. The normalized spacial score (nSPS) is 21.4. The van der Waals surface area contributed by atoms with Crippen molar-refractivity contribution in [2.45, 2.75) is 72.6 Å². The lowest BCUT2D eigenvalue weighted by Crippen LogP contribution is -2.76. The Morgan fingerprint density at radius 3 is 2.38 bits per heavy atom. The highest BCUT2D eigenvalue weighted by atomic mass is 16.2. The molecule has 1 aromatic rings. The van der Waals surface area contributed by atoms with Crippen LogP contribution in [0.15, 0.2) is 30.3 Å². The van der Waals surface area contributed by atoms with Gasteiger partial charge >= 0.3 is 6.03 Å². The quantitative estimate of drug-likeness (QED) is 0.600. The molecule has 2 aliphatic heterocycles. The van der Waals surface area contributed by atoms with Crippen molar-refractivity contribution in [3.63, 3.8) is 0 Å². The molecule has 34 heavy (non-hydrogen) atoms. The minimum absolute atomic E-state index is 0.00698. The van der Waals surface area contributed by atoms with Gasteiger partial charge in [-0.2, -0.15) is 0 Å². The highest BCUT2D eigenvalue weighted by Gasteiger charge is 2.51. The zero-order valence-corrected chi connectivity index (χ0v) is 21.4. The second-order valence-electron chi connectivity index (χ2n) is 10.3. The number of piperazine rings is 1. The Hall–Kier alpha value is -2.61. The third-order valence-corrected chi connectivity index (χ3v) is 6.48. The summed E-state index contributed by atoms with van der Waals surface area (Å²) in [6, 6.07) is 9.02. The highest BCUT2D eigenvalue weighted by Crippen LogP contribution is 2.30. The molecule has 0 bridgehead atoms. The lowest BCUT2D eigenvalue weighted by molar-refractivity contribution is -0.191. The first-order valence-corrected chi connectivity index (χ1v) is 12.7. The number of hydrogen-bond acceptors (Lipinski definition) is 4. The number of hydrogen-bond donors (Lipinski definition) is 1. The first kappa shape index (κ1) is 26.0. The second-order valence-corrected chi connectivity index (χ2v) is 10.3. The van der Waals surface area contributed by atoms with Crippen molar-refractivity contribution < 1.29 is 14.4 Å². The van der Waals surface area contributed by atoms with Crippen LogP contribution in [0.1, 0.15) is 59.4 Å². The summed E-state index contributed by atoms with van der Waals surface area (Å²) in [6.07, 6.45) is 1.79. The maximum atomic E-state index is 13.5. The molecule has 1 aromatic carbocycles. The van der Waals surface area contributed by atoms with Crippen LogP contribution in [0.2, 0.25) is 0 Å². The van der Waals surface area contributed by atoms with Crippen LogP contribution in [0.4, 0.5) is 4.79 Å². The lowest BCUT2D eigenvalue weighted by atomic mass is 9.96. The van der Waals surface area contributed by atoms with Crippen LogP contribution in [-0.2, 0) is 16.1 Å². The topological polar surface area (TPSA) is 76.2 Å². The van der Waals surface area contributed by atoms with Gasteiger partial charge in [-0.05, 0) is 36.7 Å². The standard InChI is InChI=1S/C26H41N5O3/c1-6-13-29-18-24(32)30-22(15-20(4)5)25(33)28(14-12-19(2)3)17-23(30)31(29)26(34)27-16-21-10-8-7-9-11-21/h7-11,19-20,22-23H,6,12-18H2,1-5H3,(H,27,34)/t22-,23?/m0/s1. The molecule has 2 fully saturated rings. The monoisotopic (exact) mass is 471 g/mol. The molecule has 1 N–H and O–H groups in total. The lowest BCUT2D eigenvalue weighted by Gasteiger charge is -2.55. The molecule has 4 amide bonds. The van der Waals surface area contributed by atoms with Gasteiger partial charge in [0.2, 0.25) is 11.8 Å². The van der Waals surface area contributed by atoms with Crippen molar-refractivity contribution in [2.75, 3.05) is 26.2 Å². The van der Waals surface area contributed by atoms with Crippen molar-refractivity contribution in [3.05, 3.63) is 35.9 Å². The van der Waals surface area contributed by atoms with E-state index >= 15 is 0 Å². The number of amides is 4. The third-order valence-electron chi connectivity index (χ3n) is 6.48.